The van der Waals surface area contributed by atoms with Gasteiger partial charge in [0.2, 0.25) is 0 Å². The first kappa shape index (κ1) is 14.3. The second-order valence-electron chi connectivity index (χ2n) is 4.79. The molecular formula is C14H17ClFNO2. The highest BCUT2D eigenvalue weighted by Crippen LogP contribution is 2.23. The van der Waals surface area contributed by atoms with Crippen LogP contribution in [-0.2, 0) is 0 Å². The van der Waals surface area contributed by atoms with Crippen molar-refractivity contribution in [1.29, 1.82) is 0 Å². The molecule has 0 bridgehead atoms. The fourth-order valence-electron chi connectivity index (χ4n) is 2.51. The van der Waals surface area contributed by atoms with E-state index in [1.54, 1.807) is 4.90 Å². The Balaban J connectivity index is 2.18. The zero-order valence-electron chi connectivity index (χ0n) is 10.6. The van der Waals surface area contributed by atoms with E-state index < -0.39 is 5.82 Å². The Labute approximate surface area is 117 Å². The molecule has 1 aliphatic rings. The molecule has 3 nitrogen and oxygen atoms in total. The van der Waals surface area contributed by atoms with Crippen molar-refractivity contribution in [1.82, 2.24) is 4.90 Å². The predicted molar refractivity (Wildman–Crippen MR) is 71.8 cm³/mol. The summed E-state index contributed by atoms with van der Waals surface area (Å²) in [4.78, 5) is 14.2. The summed E-state index contributed by atoms with van der Waals surface area (Å²) in [6.07, 6.45) is 3.52. The number of hydrogen-bond donors (Lipinski definition) is 1. The number of likely N-dealkylation sites (tertiary alicyclic amines) is 1. The normalized spacial score (nSPS) is 19.5. The van der Waals surface area contributed by atoms with Crippen LogP contribution in [0.1, 0.15) is 36.0 Å². The summed E-state index contributed by atoms with van der Waals surface area (Å²) in [6.45, 7) is 0.747. The van der Waals surface area contributed by atoms with Gasteiger partial charge in [0, 0.05) is 24.8 Å². The predicted octanol–water partition coefficient (Wildman–Crippen LogP) is 2.86. The largest absolute Gasteiger partial charge is 0.396 e. The molecule has 0 aromatic heterocycles. The molecule has 1 aromatic carbocycles. The average Bonchev–Trinajstić information content (AvgIpc) is 2.42. The number of aliphatic hydroxyl groups is 1. The van der Waals surface area contributed by atoms with Gasteiger partial charge in [0.1, 0.15) is 5.82 Å². The van der Waals surface area contributed by atoms with Gasteiger partial charge in [0.15, 0.2) is 0 Å². The number of benzene rings is 1. The Kier molecular flexibility index (Phi) is 4.77. The van der Waals surface area contributed by atoms with Crippen molar-refractivity contribution in [2.75, 3.05) is 13.2 Å². The van der Waals surface area contributed by atoms with Crippen LogP contribution in [0.2, 0.25) is 5.02 Å². The fourth-order valence-corrected chi connectivity index (χ4v) is 2.69. The third kappa shape index (κ3) is 3.25. The minimum absolute atomic E-state index is 0.0402. The lowest BCUT2D eigenvalue weighted by atomic mass is 9.98. The second kappa shape index (κ2) is 6.35. The fraction of sp³-hybridized carbons (Fsp3) is 0.500. The molecule has 0 spiro atoms. The van der Waals surface area contributed by atoms with Crippen molar-refractivity contribution < 1.29 is 14.3 Å². The SMILES string of the molecule is O=C(c1ccc(F)c(Cl)c1)N1CCCCC1CCO. The molecule has 1 heterocycles. The summed E-state index contributed by atoms with van der Waals surface area (Å²) in [7, 11) is 0. The molecule has 0 saturated carbocycles. The summed E-state index contributed by atoms with van der Waals surface area (Å²) < 4.78 is 13.1. The van der Waals surface area contributed by atoms with Gasteiger partial charge in [-0.1, -0.05) is 11.6 Å². The van der Waals surface area contributed by atoms with E-state index in [4.69, 9.17) is 16.7 Å². The highest BCUT2D eigenvalue weighted by Gasteiger charge is 2.27. The van der Waals surface area contributed by atoms with Crippen molar-refractivity contribution >= 4 is 17.5 Å². The van der Waals surface area contributed by atoms with Crippen LogP contribution in [0.5, 0.6) is 0 Å². The van der Waals surface area contributed by atoms with E-state index in [1.165, 1.54) is 18.2 Å². The first-order valence-corrected chi connectivity index (χ1v) is 6.88. The highest BCUT2D eigenvalue weighted by molar-refractivity contribution is 6.31. The molecule has 1 N–H and O–H groups in total. The monoisotopic (exact) mass is 285 g/mol. The van der Waals surface area contributed by atoms with E-state index in [-0.39, 0.29) is 23.6 Å². The maximum Gasteiger partial charge on any atom is 0.254 e. The van der Waals surface area contributed by atoms with E-state index in [0.29, 0.717) is 18.5 Å². The molecule has 1 unspecified atom stereocenters. The number of carbonyl (C=O) groups excluding carboxylic acids is 1. The Bertz CT molecular complexity index is 465. The second-order valence-corrected chi connectivity index (χ2v) is 5.20. The van der Waals surface area contributed by atoms with Crippen LogP contribution in [0, 0.1) is 5.82 Å². The highest BCUT2D eigenvalue weighted by atomic mass is 35.5. The van der Waals surface area contributed by atoms with Crippen molar-refractivity contribution in [3.63, 3.8) is 0 Å². The standard InChI is InChI=1S/C14H17ClFNO2/c15-12-9-10(4-5-13(12)16)14(19)17-7-2-1-3-11(17)6-8-18/h4-5,9,11,18H,1-3,6-8H2. The summed E-state index contributed by atoms with van der Waals surface area (Å²) in [5.74, 6) is -0.663. The zero-order chi connectivity index (χ0) is 13.8. The van der Waals surface area contributed by atoms with Gasteiger partial charge in [-0.25, -0.2) is 4.39 Å². The quantitative estimate of drug-likeness (QED) is 0.928. The van der Waals surface area contributed by atoms with Crippen molar-refractivity contribution in [2.24, 2.45) is 0 Å². The molecule has 1 atom stereocenters. The average molecular weight is 286 g/mol. The molecule has 104 valence electrons. The molecule has 1 aromatic rings. The molecule has 2 rings (SSSR count). The molecule has 1 saturated heterocycles. The molecule has 1 fully saturated rings. The van der Waals surface area contributed by atoms with E-state index in [0.717, 1.165) is 19.3 Å². The van der Waals surface area contributed by atoms with Gasteiger partial charge < -0.3 is 10.0 Å². The van der Waals surface area contributed by atoms with Crippen molar-refractivity contribution in [3.8, 4) is 0 Å². The van der Waals surface area contributed by atoms with E-state index in [9.17, 15) is 9.18 Å². The number of amides is 1. The van der Waals surface area contributed by atoms with Crippen molar-refractivity contribution in [3.05, 3.63) is 34.6 Å². The Morgan fingerprint density at radius 2 is 2.26 bits per heavy atom. The maximum atomic E-state index is 13.1. The molecule has 19 heavy (non-hydrogen) atoms. The van der Waals surface area contributed by atoms with Gasteiger partial charge in [-0.2, -0.15) is 0 Å². The lowest BCUT2D eigenvalue weighted by Gasteiger charge is -2.35. The van der Waals surface area contributed by atoms with Gasteiger partial charge in [-0.3, -0.25) is 4.79 Å². The van der Waals surface area contributed by atoms with Crippen LogP contribution in [-0.4, -0.2) is 35.1 Å². The van der Waals surface area contributed by atoms with Gasteiger partial charge in [0.05, 0.1) is 5.02 Å². The first-order valence-electron chi connectivity index (χ1n) is 6.50. The van der Waals surface area contributed by atoms with Gasteiger partial charge >= 0.3 is 0 Å². The number of nitrogens with zero attached hydrogens (tertiary/aromatic N) is 1. The smallest absolute Gasteiger partial charge is 0.254 e. The maximum absolute atomic E-state index is 13.1. The van der Waals surface area contributed by atoms with E-state index in [2.05, 4.69) is 0 Å². The zero-order valence-corrected chi connectivity index (χ0v) is 11.4. The van der Waals surface area contributed by atoms with E-state index >= 15 is 0 Å². The summed E-state index contributed by atoms with van der Waals surface area (Å²) in [5, 5.41) is 9.02. The minimum atomic E-state index is -0.524. The van der Waals surface area contributed by atoms with Crippen LogP contribution in [0.25, 0.3) is 0 Å². The summed E-state index contributed by atoms with van der Waals surface area (Å²) in [5.41, 5.74) is 0.399. The molecule has 0 radical (unpaired) electrons. The van der Waals surface area contributed by atoms with Crippen molar-refractivity contribution in [2.45, 2.75) is 31.7 Å². The van der Waals surface area contributed by atoms with Gasteiger partial charge in [-0.05, 0) is 43.9 Å². The molecular weight excluding hydrogens is 269 g/mol. The number of halogens is 2. The molecule has 1 aliphatic heterocycles. The van der Waals surface area contributed by atoms with Gasteiger partial charge in [0.25, 0.3) is 5.91 Å². The van der Waals surface area contributed by atoms with Crippen LogP contribution >= 0.6 is 11.6 Å². The van der Waals surface area contributed by atoms with Gasteiger partial charge in [-0.15, -0.1) is 0 Å². The summed E-state index contributed by atoms with van der Waals surface area (Å²) >= 11 is 5.71. The molecule has 5 heteroatoms. The molecule has 0 aliphatic carbocycles. The number of piperidine rings is 1. The lowest BCUT2D eigenvalue weighted by Crippen LogP contribution is -2.44. The van der Waals surface area contributed by atoms with Crippen LogP contribution in [0.3, 0.4) is 0 Å². The Morgan fingerprint density at radius 3 is 2.95 bits per heavy atom. The van der Waals surface area contributed by atoms with Crippen LogP contribution in [0.4, 0.5) is 4.39 Å². The minimum Gasteiger partial charge on any atom is -0.396 e. The number of carbonyl (C=O) groups is 1. The first-order chi connectivity index (χ1) is 9.13. The summed E-state index contributed by atoms with van der Waals surface area (Å²) in [6, 6.07) is 4.09. The number of aliphatic hydroxyl groups excluding tert-OH is 1. The number of rotatable bonds is 3. The third-order valence-corrected chi connectivity index (χ3v) is 3.81. The molecule has 1 amide bonds. The third-order valence-electron chi connectivity index (χ3n) is 3.52. The number of hydrogen-bond acceptors (Lipinski definition) is 2. The van der Waals surface area contributed by atoms with E-state index in [1.807, 2.05) is 0 Å². The lowest BCUT2D eigenvalue weighted by molar-refractivity contribution is 0.0574. The van der Waals surface area contributed by atoms with Crippen LogP contribution < -0.4 is 0 Å². The van der Waals surface area contributed by atoms with Crippen LogP contribution in [0.15, 0.2) is 18.2 Å². The Hall–Kier alpha value is -1.13. The Morgan fingerprint density at radius 1 is 1.47 bits per heavy atom. The topological polar surface area (TPSA) is 40.5 Å².